The molecule has 0 heterocycles. The summed E-state index contributed by atoms with van der Waals surface area (Å²) in [5.74, 6) is -0.179. The molecular formula is C11H20O2. The van der Waals surface area contributed by atoms with Crippen molar-refractivity contribution in [2.45, 2.75) is 46.0 Å². The van der Waals surface area contributed by atoms with E-state index in [2.05, 4.69) is 19.1 Å². The van der Waals surface area contributed by atoms with Crippen LogP contribution >= 0.6 is 0 Å². The Morgan fingerprint density at radius 3 is 2.54 bits per heavy atom. The van der Waals surface area contributed by atoms with Gasteiger partial charge in [-0.05, 0) is 25.7 Å². The second-order valence-electron chi connectivity index (χ2n) is 3.10. The van der Waals surface area contributed by atoms with E-state index in [1.165, 1.54) is 19.8 Å². The lowest BCUT2D eigenvalue weighted by molar-refractivity contribution is -0.141. The normalized spacial score (nSPS) is 10.6. The Bertz CT molecular complexity index is 150. The van der Waals surface area contributed by atoms with Crippen molar-refractivity contribution in [2.75, 3.05) is 6.61 Å². The van der Waals surface area contributed by atoms with Crippen molar-refractivity contribution in [3.63, 3.8) is 0 Å². The van der Waals surface area contributed by atoms with E-state index < -0.39 is 0 Å². The summed E-state index contributed by atoms with van der Waals surface area (Å²) in [6, 6.07) is 0. The quantitative estimate of drug-likeness (QED) is 0.345. The number of allylic oxidation sites excluding steroid dienone is 2. The highest BCUT2D eigenvalue weighted by atomic mass is 16.5. The van der Waals surface area contributed by atoms with Crippen LogP contribution in [0.5, 0.6) is 0 Å². The highest BCUT2D eigenvalue weighted by Gasteiger charge is 1.90. The molecule has 2 nitrogen and oxygen atoms in total. The summed E-state index contributed by atoms with van der Waals surface area (Å²) in [7, 11) is 0. The van der Waals surface area contributed by atoms with E-state index >= 15 is 0 Å². The molecule has 0 aliphatic heterocycles. The van der Waals surface area contributed by atoms with Crippen LogP contribution in [0, 0.1) is 0 Å². The molecule has 0 bridgehead atoms. The van der Waals surface area contributed by atoms with Gasteiger partial charge in [0.05, 0.1) is 6.61 Å². The molecule has 0 atom stereocenters. The minimum absolute atomic E-state index is 0.179. The molecule has 0 amide bonds. The van der Waals surface area contributed by atoms with Gasteiger partial charge in [0.25, 0.3) is 0 Å². The SMILES string of the molecule is CCCC=CCCCCOC(C)=O. The molecule has 0 unspecified atom stereocenters. The molecule has 0 saturated carbocycles. The number of ether oxygens (including phenoxy) is 1. The van der Waals surface area contributed by atoms with Crippen molar-refractivity contribution in [3.8, 4) is 0 Å². The van der Waals surface area contributed by atoms with Crippen molar-refractivity contribution in [1.29, 1.82) is 0 Å². The summed E-state index contributed by atoms with van der Waals surface area (Å²) >= 11 is 0. The Hall–Kier alpha value is -0.790. The summed E-state index contributed by atoms with van der Waals surface area (Å²) < 4.78 is 4.81. The summed E-state index contributed by atoms with van der Waals surface area (Å²) in [6.07, 6.45) is 9.97. The Balaban J connectivity index is 3.03. The largest absolute Gasteiger partial charge is 0.466 e. The van der Waals surface area contributed by atoms with Gasteiger partial charge in [-0.2, -0.15) is 0 Å². The molecular weight excluding hydrogens is 164 g/mol. The van der Waals surface area contributed by atoms with Gasteiger partial charge in [-0.25, -0.2) is 0 Å². The molecule has 0 fully saturated rings. The Kier molecular flexibility index (Phi) is 8.73. The van der Waals surface area contributed by atoms with Crippen molar-refractivity contribution in [3.05, 3.63) is 12.2 Å². The predicted molar refractivity (Wildman–Crippen MR) is 54.5 cm³/mol. The molecule has 13 heavy (non-hydrogen) atoms. The van der Waals surface area contributed by atoms with Crippen LogP contribution in [0.15, 0.2) is 12.2 Å². The summed E-state index contributed by atoms with van der Waals surface area (Å²) in [4.78, 5) is 10.4. The zero-order valence-corrected chi connectivity index (χ0v) is 8.71. The highest BCUT2D eigenvalue weighted by Crippen LogP contribution is 1.99. The van der Waals surface area contributed by atoms with Crippen LogP contribution in [-0.4, -0.2) is 12.6 Å². The third-order valence-electron chi connectivity index (χ3n) is 1.69. The monoisotopic (exact) mass is 184 g/mol. The first-order valence-corrected chi connectivity index (χ1v) is 5.05. The average Bonchev–Trinajstić information content (AvgIpc) is 2.09. The van der Waals surface area contributed by atoms with Crippen LogP contribution in [0.1, 0.15) is 46.0 Å². The summed E-state index contributed by atoms with van der Waals surface area (Å²) in [6.45, 7) is 4.18. The smallest absolute Gasteiger partial charge is 0.302 e. The molecule has 0 spiro atoms. The predicted octanol–water partition coefficient (Wildman–Crippen LogP) is 3.08. The third-order valence-corrected chi connectivity index (χ3v) is 1.69. The zero-order valence-electron chi connectivity index (χ0n) is 8.71. The van der Waals surface area contributed by atoms with Crippen molar-refractivity contribution in [2.24, 2.45) is 0 Å². The number of esters is 1. The van der Waals surface area contributed by atoms with Crippen molar-refractivity contribution >= 4 is 5.97 Å². The lowest BCUT2D eigenvalue weighted by atomic mass is 10.2. The molecule has 0 radical (unpaired) electrons. The molecule has 0 aliphatic carbocycles. The lowest BCUT2D eigenvalue weighted by Gasteiger charge is -1.99. The van der Waals surface area contributed by atoms with Gasteiger partial charge in [0.15, 0.2) is 0 Å². The van der Waals surface area contributed by atoms with Gasteiger partial charge in [0.2, 0.25) is 0 Å². The van der Waals surface area contributed by atoms with Gasteiger partial charge in [0.1, 0.15) is 0 Å². The molecule has 0 aliphatic rings. The summed E-state index contributed by atoms with van der Waals surface area (Å²) in [5, 5.41) is 0. The Labute approximate surface area is 81.0 Å². The fourth-order valence-corrected chi connectivity index (χ4v) is 0.983. The molecule has 0 saturated heterocycles. The molecule has 0 rings (SSSR count). The van der Waals surface area contributed by atoms with Crippen LogP contribution in [-0.2, 0) is 9.53 Å². The number of carbonyl (C=O) groups excluding carboxylic acids is 1. The van der Waals surface area contributed by atoms with Gasteiger partial charge in [0, 0.05) is 6.92 Å². The number of carbonyl (C=O) groups is 1. The molecule has 0 aromatic heterocycles. The standard InChI is InChI=1S/C11H20O2/c1-3-4-5-6-7-8-9-10-13-11(2)12/h5-6H,3-4,7-10H2,1-2H3. The molecule has 0 aromatic carbocycles. The van der Waals surface area contributed by atoms with Gasteiger partial charge in [-0.1, -0.05) is 25.5 Å². The molecule has 2 heteroatoms. The Morgan fingerprint density at radius 2 is 1.92 bits per heavy atom. The minimum Gasteiger partial charge on any atom is -0.466 e. The topological polar surface area (TPSA) is 26.3 Å². The summed E-state index contributed by atoms with van der Waals surface area (Å²) in [5.41, 5.74) is 0. The number of unbranched alkanes of at least 4 members (excludes halogenated alkanes) is 3. The van der Waals surface area contributed by atoms with E-state index in [1.807, 2.05) is 0 Å². The maximum Gasteiger partial charge on any atom is 0.302 e. The van der Waals surface area contributed by atoms with E-state index in [1.54, 1.807) is 0 Å². The average molecular weight is 184 g/mol. The van der Waals surface area contributed by atoms with E-state index in [9.17, 15) is 4.79 Å². The fraction of sp³-hybridized carbons (Fsp3) is 0.727. The molecule has 0 N–H and O–H groups in total. The van der Waals surface area contributed by atoms with Gasteiger partial charge in [-0.3, -0.25) is 4.79 Å². The van der Waals surface area contributed by atoms with Crippen LogP contribution < -0.4 is 0 Å². The van der Waals surface area contributed by atoms with Gasteiger partial charge in [-0.15, -0.1) is 0 Å². The van der Waals surface area contributed by atoms with Crippen LogP contribution in [0.4, 0.5) is 0 Å². The van der Waals surface area contributed by atoms with Gasteiger partial charge < -0.3 is 4.74 Å². The van der Waals surface area contributed by atoms with Crippen LogP contribution in [0.25, 0.3) is 0 Å². The van der Waals surface area contributed by atoms with E-state index in [-0.39, 0.29) is 5.97 Å². The number of rotatable bonds is 7. The minimum atomic E-state index is -0.179. The first-order chi connectivity index (χ1) is 6.27. The highest BCUT2D eigenvalue weighted by molar-refractivity contribution is 5.65. The fourth-order valence-electron chi connectivity index (χ4n) is 0.983. The van der Waals surface area contributed by atoms with E-state index in [0.29, 0.717) is 6.61 Å². The second-order valence-corrected chi connectivity index (χ2v) is 3.10. The number of hydrogen-bond donors (Lipinski definition) is 0. The van der Waals surface area contributed by atoms with Crippen molar-refractivity contribution < 1.29 is 9.53 Å². The third kappa shape index (κ3) is 11.2. The first kappa shape index (κ1) is 12.2. The lowest BCUT2D eigenvalue weighted by Crippen LogP contribution is -1.99. The van der Waals surface area contributed by atoms with Crippen molar-refractivity contribution in [1.82, 2.24) is 0 Å². The molecule has 0 aromatic rings. The second kappa shape index (κ2) is 9.30. The van der Waals surface area contributed by atoms with Gasteiger partial charge >= 0.3 is 5.97 Å². The first-order valence-electron chi connectivity index (χ1n) is 5.05. The maximum absolute atomic E-state index is 10.4. The maximum atomic E-state index is 10.4. The Morgan fingerprint density at radius 1 is 1.23 bits per heavy atom. The van der Waals surface area contributed by atoms with E-state index in [4.69, 9.17) is 4.74 Å². The molecule has 76 valence electrons. The zero-order chi connectivity index (χ0) is 9.94. The number of hydrogen-bond acceptors (Lipinski definition) is 2. The van der Waals surface area contributed by atoms with E-state index in [0.717, 1.165) is 19.3 Å². The van der Waals surface area contributed by atoms with Crippen LogP contribution in [0.3, 0.4) is 0 Å². The van der Waals surface area contributed by atoms with Crippen LogP contribution in [0.2, 0.25) is 0 Å².